The number of carbonyl (C=O) groups excluding carboxylic acids is 1. The van der Waals surface area contributed by atoms with Crippen molar-refractivity contribution in [2.75, 3.05) is 17.2 Å². The highest BCUT2D eigenvalue weighted by atomic mass is 32.2. The number of amides is 1. The van der Waals surface area contributed by atoms with Crippen LogP contribution in [0.2, 0.25) is 0 Å². The van der Waals surface area contributed by atoms with E-state index in [2.05, 4.69) is 6.58 Å². The summed E-state index contributed by atoms with van der Waals surface area (Å²) >= 11 is 1.52. The van der Waals surface area contributed by atoms with Crippen molar-refractivity contribution < 1.29 is 9.90 Å². The number of fused-ring (bicyclic) bond motifs is 1. The first kappa shape index (κ1) is 12.2. The van der Waals surface area contributed by atoms with Crippen LogP contribution in [0.1, 0.15) is 18.6 Å². The molecule has 1 N–H and O–H groups in total. The van der Waals surface area contributed by atoms with Crippen LogP contribution in [-0.4, -0.2) is 23.3 Å². The van der Waals surface area contributed by atoms with Gasteiger partial charge in [-0.1, -0.05) is 12.1 Å². The van der Waals surface area contributed by atoms with Gasteiger partial charge >= 0.3 is 0 Å². The zero-order valence-corrected chi connectivity index (χ0v) is 10.5. The first-order chi connectivity index (χ1) is 8.13. The van der Waals surface area contributed by atoms with E-state index in [-0.39, 0.29) is 5.91 Å². The molecule has 0 saturated heterocycles. The summed E-state index contributed by atoms with van der Waals surface area (Å²) in [6, 6.07) is 5.71. The molecule has 0 aliphatic carbocycles. The second-order valence-electron chi connectivity index (χ2n) is 3.98. The summed E-state index contributed by atoms with van der Waals surface area (Å²) in [6.45, 7) is 5.93. The van der Waals surface area contributed by atoms with Crippen molar-refractivity contribution >= 4 is 23.4 Å². The van der Waals surface area contributed by atoms with Crippen LogP contribution in [0.3, 0.4) is 0 Å². The molecule has 0 bridgehead atoms. The Kier molecular flexibility index (Phi) is 3.54. The van der Waals surface area contributed by atoms with Crippen LogP contribution < -0.4 is 4.90 Å². The molecule has 0 saturated carbocycles. The van der Waals surface area contributed by atoms with Crippen LogP contribution in [0.15, 0.2) is 35.7 Å². The lowest BCUT2D eigenvalue weighted by molar-refractivity contribution is -0.116. The first-order valence-corrected chi connectivity index (χ1v) is 6.48. The van der Waals surface area contributed by atoms with Crippen molar-refractivity contribution in [1.82, 2.24) is 0 Å². The summed E-state index contributed by atoms with van der Waals surface area (Å²) in [7, 11) is 0. The molecule has 1 aliphatic heterocycles. The molecule has 1 atom stereocenters. The third-order valence-corrected chi connectivity index (χ3v) is 3.75. The van der Waals surface area contributed by atoms with Crippen molar-refractivity contribution in [3.63, 3.8) is 0 Å². The van der Waals surface area contributed by atoms with Crippen molar-refractivity contribution in [2.24, 2.45) is 0 Å². The van der Waals surface area contributed by atoms with Crippen LogP contribution >= 0.6 is 11.8 Å². The van der Waals surface area contributed by atoms with Crippen molar-refractivity contribution in [3.8, 4) is 0 Å². The summed E-state index contributed by atoms with van der Waals surface area (Å²) in [5.74, 6) is 0.552. The molecule has 3 nitrogen and oxygen atoms in total. The second kappa shape index (κ2) is 4.94. The normalized spacial score (nSPS) is 16.6. The monoisotopic (exact) mass is 249 g/mol. The zero-order valence-electron chi connectivity index (χ0n) is 9.72. The Morgan fingerprint density at radius 2 is 2.41 bits per heavy atom. The van der Waals surface area contributed by atoms with E-state index in [4.69, 9.17) is 0 Å². The quantitative estimate of drug-likeness (QED) is 0.836. The molecular weight excluding hydrogens is 234 g/mol. The van der Waals surface area contributed by atoms with Gasteiger partial charge < -0.3 is 10.0 Å². The second-order valence-corrected chi connectivity index (χ2v) is 5.00. The minimum absolute atomic E-state index is 0.104. The lowest BCUT2D eigenvalue weighted by atomic mass is 10.1. The van der Waals surface area contributed by atoms with Gasteiger partial charge in [0.2, 0.25) is 5.91 Å². The summed E-state index contributed by atoms with van der Waals surface area (Å²) in [4.78, 5) is 14.5. The van der Waals surface area contributed by atoms with Gasteiger partial charge in [-0.15, -0.1) is 18.3 Å². The standard InChI is InChI=1S/C13H15NO2S/c1-3-6-14-11-5-4-10(9(2)15)7-12(11)17-8-13(14)16/h3-5,7,9,15H,1,6,8H2,2H3. The predicted molar refractivity (Wildman–Crippen MR) is 70.3 cm³/mol. The molecule has 1 amide bonds. The number of hydrogen-bond acceptors (Lipinski definition) is 3. The van der Waals surface area contributed by atoms with E-state index in [1.165, 1.54) is 11.8 Å². The largest absolute Gasteiger partial charge is 0.389 e. The topological polar surface area (TPSA) is 40.5 Å². The van der Waals surface area contributed by atoms with Crippen LogP contribution in [0.4, 0.5) is 5.69 Å². The van der Waals surface area contributed by atoms with E-state index < -0.39 is 6.10 Å². The summed E-state index contributed by atoms with van der Waals surface area (Å²) in [5, 5.41) is 9.54. The lowest BCUT2D eigenvalue weighted by Gasteiger charge is -2.28. The molecule has 1 aromatic carbocycles. The van der Waals surface area contributed by atoms with Gasteiger partial charge in [0.15, 0.2) is 0 Å². The molecule has 0 spiro atoms. The summed E-state index contributed by atoms with van der Waals surface area (Å²) in [6.07, 6.45) is 1.24. The summed E-state index contributed by atoms with van der Waals surface area (Å²) in [5.41, 5.74) is 1.79. The average molecular weight is 249 g/mol. The molecule has 0 fully saturated rings. The van der Waals surface area contributed by atoms with Crippen LogP contribution in [-0.2, 0) is 4.79 Å². The van der Waals surface area contributed by atoms with Gasteiger partial charge in [-0.05, 0) is 24.6 Å². The van der Waals surface area contributed by atoms with E-state index in [9.17, 15) is 9.90 Å². The number of thioether (sulfide) groups is 1. The molecule has 4 heteroatoms. The Bertz CT molecular complexity index is 457. The fourth-order valence-corrected chi connectivity index (χ4v) is 2.79. The molecule has 1 aromatic rings. The summed E-state index contributed by atoms with van der Waals surface area (Å²) < 4.78 is 0. The van der Waals surface area contributed by atoms with E-state index >= 15 is 0 Å². The maximum absolute atomic E-state index is 11.8. The third kappa shape index (κ3) is 2.37. The van der Waals surface area contributed by atoms with Crippen molar-refractivity contribution in [3.05, 3.63) is 36.4 Å². The highest BCUT2D eigenvalue weighted by molar-refractivity contribution is 8.00. The van der Waals surface area contributed by atoms with Crippen LogP contribution in [0.5, 0.6) is 0 Å². The van der Waals surface area contributed by atoms with Gasteiger partial charge in [-0.2, -0.15) is 0 Å². The SMILES string of the molecule is C=CCN1C(=O)CSc2cc(C(C)O)ccc21. The fourth-order valence-electron chi connectivity index (χ4n) is 1.81. The molecule has 1 aliphatic rings. The molecule has 1 heterocycles. The molecule has 0 radical (unpaired) electrons. The van der Waals surface area contributed by atoms with E-state index in [1.54, 1.807) is 17.9 Å². The van der Waals surface area contributed by atoms with E-state index in [1.807, 2.05) is 18.2 Å². The average Bonchev–Trinajstić information content (AvgIpc) is 2.32. The molecule has 17 heavy (non-hydrogen) atoms. The van der Waals surface area contributed by atoms with Gasteiger partial charge in [0, 0.05) is 11.4 Å². The van der Waals surface area contributed by atoms with Crippen LogP contribution in [0.25, 0.3) is 0 Å². The molecule has 90 valence electrons. The van der Waals surface area contributed by atoms with Gasteiger partial charge in [0.25, 0.3) is 0 Å². The van der Waals surface area contributed by atoms with Gasteiger partial charge in [-0.25, -0.2) is 0 Å². The van der Waals surface area contributed by atoms with Crippen LogP contribution in [0, 0.1) is 0 Å². The number of benzene rings is 1. The highest BCUT2D eigenvalue weighted by Gasteiger charge is 2.24. The van der Waals surface area contributed by atoms with Gasteiger partial charge in [0.1, 0.15) is 0 Å². The number of anilines is 1. The van der Waals surface area contributed by atoms with Gasteiger partial charge in [0.05, 0.1) is 17.5 Å². The number of carbonyl (C=O) groups is 1. The Balaban J connectivity index is 2.40. The number of nitrogens with zero attached hydrogens (tertiary/aromatic N) is 1. The third-order valence-electron chi connectivity index (χ3n) is 2.72. The van der Waals surface area contributed by atoms with Crippen molar-refractivity contribution in [1.29, 1.82) is 0 Å². The smallest absolute Gasteiger partial charge is 0.237 e. The maximum atomic E-state index is 11.8. The number of hydrogen-bond donors (Lipinski definition) is 1. The lowest BCUT2D eigenvalue weighted by Crippen LogP contribution is -2.35. The maximum Gasteiger partial charge on any atom is 0.237 e. The van der Waals surface area contributed by atoms with E-state index in [0.29, 0.717) is 12.3 Å². The molecule has 2 rings (SSSR count). The van der Waals surface area contributed by atoms with E-state index in [0.717, 1.165) is 16.1 Å². The first-order valence-electron chi connectivity index (χ1n) is 5.49. The number of aliphatic hydroxyl groups is 1. The minimum atomic E-state index is -0.480. The molecule has 1 unspecified atom stereocenters. The Labute approximate surface area is 105 Å². The number of rotatable bonds is 3. The van der Waals surface area contributed by atoms with Gasteiger partial charge in [-0.3, -0.25) is 4.79 Å². The minimum Gasteiger partial charge on any atom is -0.389 e. The number of aliphatic hydroxyl groups excluding tert-OH is 1. The predicted octanol–water partition coefficient (Wildman–Crippen LogP) is 2.36. The Hall–Kier alpha value is -1.26. The zero-order chi connectivity index (χ0) is 12.4. The highest BCUT2D eigenvalue weighted by Crippen LogP contribution is 2.36. The van der Waals surface area contributed by atoms with Crippen molar-refractivity contribution in [2.45, 2.75) is 17.9 Å². The fraction of sp³-hybridized carbons (Fsp3) is 0.308. The molecular formula is C13H15NO2S. The Morgan fingerprint density at radius 1 is 1.65 bits per heavy atom. The Morgan fingerprint density at radius 3 is 3.06 bits per heavy atom. The molecule has 0 aromatic heterocycles.